The second kappa shape index (κ2) is 6.80. The Morgan fingerprint density at radius 2 is 1.55 bits per heavy atom. The molecule has 1 aliphatic rings. The van der Waals surface area contributed by atoms with Crippen molar-refractivity contribution in [3.05, 3.63) is 70.6 Å². The van der Waals surface area contributed by atoms with E-state index in [-0.39, 0.29) is 16.3 Å². The van der Waals surface area contributed by atoms with Crippen LogP contribution in [0.5, 0.6) is 0 Å². The Morgan fingerprint density at radius 3 is 2.07 bits per heavy atom. The van der Waals surface area contributed by atoms with Crippen LogP contribution in [0.15, 0.2) is 24.3 Å². The average molecular weight is 393 g/mol. The maximum absolute atomic E-state index is 11.7. The molecule has 0 heterocycles. The van der Waals surface area contributed by atoms with Gasteiger partial charge in [-0.15, -0.1) is 0 Å². The molecule has 1 aliphatic carbocycles. The molecule has 0 amide bonds. The van der Waals surface area contributed by atoms with E-state index in [4.69, 9.17) is 5.26 Å². The largest absolute Gasteiger partial charge is 0.423 e. The summed E-state index contributed by atoms with van der Waals surface area (Å²) < 4.78 is 0. The molecular formula is C17H7N5O7. The zero-order valence-corrected chi connectivity index (χ0v) is 14.1. The van der Waals surface area contributed by atoms with Crippen LogP contribution in [-0.2, 0) is 0 Å². The zero-order chi connectivity index (χ0) is 21.5. The molecule has 12 nitrogen and oxygen atoms in total. The normalized spacial score (nSPS) is 13.1. The van der Waals surface area contributed by atoms with Crippen molar-refractivity contribution in [3.63, 3.8) is 0 Å². The smallest absolute Gasteiger partial charge is 0.373 e. The lowest BCUT2D eigenvalue weighted by Crippen LogP contribution is -2.34. The first-order chi connectivity index (χ1) is 13.7. The summed E-state index contributed by atoms with van der Waals surface area (Å²) in [6.45, 7) is 0. The second-order valence-electron chi connectivity index (χ2n) is 5.77. The van der Waals surface area contributed by atoms with Crippen LogP contribution in [0.1, 0.15) is 5.56 Å². The van der Waals surface area contributed by atoms with Gasteiger partial charge < -0.3 is 5.11 Å². The second-order valence-corrected chi connectivity index (χ2v) is 5.77. The summed E-state index contributed by atoms with van der Waals surface area (Å²) in [6.07, 6.45) is -0.855. The van der Waals surface area contributed by atoms with E-state index in [2.05, 4.69) is 0 Å². The van der Waals surface area contributed by atoms with E-state index in [1.807, 2.05) is 0 Å². The summed E-state index contributed by atoms with van der Waals surface area (Å²) in [4.78, 5) is 31.4. The molecular weight excluding hydrogens is 386 g/mol. The molecule has 1 unspecified atom stereocenters. The SMILES string of the molecule is N#CC(=c1c([N+](=O)[O-])c([N+](=O)[O-])c([N+](=O)[O-])c2c1=Cc1ccccc1-2)C(O)C#N. The standard InChI is InChI=1S/C17H7N5O7/c18-6-11(12(23)7-19)14-10-5-8-3-1-2-4-9(8)13(10)15(20(24)25)17(22(28)29)16(14)21(26)27/h1-5,12,23H. The van der Waals surface area contributed by atoms with Gasteiger partial charge in [0.2, 0.25) is 0 Å². The molecule has 0 bridgehead atoms. The highest BCUT2D eigenvalue weighted by Crippen LogP contribution is 2.42. The van der Waals surface area contributed by atoms with Gasteiger partial charge >= 0.3 is 17.1 Å². The number of nitro groups is 3. The van der Waals surface area contributed by atoms with Crippen molar-refractivity contribution in [1.82, 2.24) is 0 Å². The number of nitrogens with zero attached hydrogens (tertiary/aromatic N) is 5. The maximum Gasteiger partial charge on any atom is 0.423 e. The van der Waals surface area contributed by atoms with Crippen molar-refractivity contribution in [1.29, 1.82) is 10.5 Å². The monoisotopic (exact) mass is 393 g/mol. The van der Waals surface area contributed by atoms with Gasteiger partial charge in [-0.1, -0.05) is 24.3 Å². The molecule has 142 valence electrons. The molecule has 0 aliphatic heterocycles. The Labute approximate surface area is 159 Å². The van der Waals surface area contributed by atoms with Gasteiger partial charge in [0, 0.05) is 5.22 Å². The van der Waals surface area contributed by atoms with E-state index < -0.39 is 48.7 Å². The lowest BCUT2D eigenvalue weighted by Gasteiger charge is -2.06. The molecule has 0 saturated carbocycles. The van der Waals surface area contributed by atoms with Crippen LogP contribution < -0.4 is 10.4 Å². The number of aliphatic hydroxyl groups excluding tert-OH is 1. The topological polar surface area (TPSA) is 197 Å². The van der Waals surface area contributed by atoms with Crippen LogP contribution in [0.2, 0.25) is 0 Å². The van der Waals surface area contributed by atoms with E-state index >= 15 is 0 Å². The number of nitriles is 2. The molecule has 2 aromatic carbocycles. The minimum Gasteiger partial charge on any atom is -0.373 e. The highest BCUT2D eigenvalue weighted by molar-refractivity contribution is 5.94. The van der Waals surface area contributed by atoms with Gasteiger partial charge in [-0.3, -0.25) is 30.3 Å². The third-order valence-electron chi connectivity index (χ3n) is 4.32. The Kier molecular flexibility index (Phi) is 4.48. The third-order valence-corrected chi connectivity index (χ3v) is 4.32. The maximum atomic E-state index is 11.7. The van der Waals surface area contributed by atoms with Crippen LogP contribution in [0.25, 0.3) is 22.8 Å². The first-order valence-electron chi connectivity index (χ1n) is 7.70. The van der Waals surface area contributed by atoms with Gasteiger partial charge in [-0.2, -0.15) is 10.5 Å². The number of fused-ring (bicyclic) bond motifs is 3. The lowest BCUT2D eigenvalue weighted by molar-refractivity contribution is -0.441. The Morgan fingerprint density at radius 1 is 0.966 bits per heavy atom. The summed E-state index contributed by atoms with van der Waals surface area (Å²) in [5.74, 6) is 0. The summed E-state index contributed by atoms with van der Waals surface area (Å²) in [5.41, 5.74) is -4.44. The highest BCUT2D eigenvalue weighted by atomic mass is 16.6. The van der Waals surface area contributed by atoms with Crippen LogP contribution in [0, 0.1) is 53.0 Å². The van der Waals surface area contributed by atoms with Crippen molar-refractivity contribution in [3.8, 4) is 23.3 Å². The number of hydrogen-bond acceptors (Lipinski definition) is 9. The summed E-state index contributed by atoms with van der Waals surface area (Å²) in [7, 11) is 0. The Balaban J connectivity index is 2.83. The van der Waals surface area contributed by atoms with Crippen molar-refractivity contribution in [2.24, 2.45) is 0 Å². The van der Waals surface area contributed by atoms with Crippen molar-refractivity contribution in [2.75, 3.05) is 0 Å². The van der Waals surface area contributed by atoms with Gasteiger partial charge in [0.05, 0.1) is 43.3 Å². The fourth-order valence-corrected chi connectivity index (χ4v) is 3.27. The molecule has 0 spiro atoms. The quantitative estimate of drug-likeness (QED) is 0.378. The van der Waals surface area contributed by atoms with Gasteiger partial charge in [-0.25, -0.2) is 0 Å². The number of hydrogen-bond donors (Lipinski definition) is 1. The fraction of sp³-hybridized carbons (Fsp3) is 0.0588. The summed E-state index contributed by atoms with van der Waals surface area (Å²) >= 11 is 0. The van der Waals surface area contributed by atoms with Gasteiger partial charge in [0.1, 0.15) is 0 Å². The Hall–Kier alpha value is -4.68. The molecule has 0 fully saturated rings. The lowest BCUT2D eigenvalue weighted by atomic mass is 9.97. The number of aliphatic hydroxyl groups is 1. The van der Waals surface area contributed by atoms with Crippen LogP contribution >= 0.6 is 0 Å². The van der Waals surface area contributed by atoms with E-state index in [0.29, 0.717) is 5.56 Å². The first kappa shape index (κ1) is 19.1. The highest BCUT2D eigenvalue weighted by Gasteiger charge is 2.44. The molecule has 0 saturated heterocycles. The van der Waals surface area contributed by atoms with Gasteiger partial charge in [0.25, 0.3) is 0 Å². The molecule has 1 N–H and O–H groups in total. The fourth-order valence-electron chi connectivity index (χ4n) is 3.27. The summed E-state index contributed by atoms with van der Waals surface area (Å²) in [5, 5.41) is 62.4. The first-order valence-corrected chi connectivity index (χ1v) is 7.70. The zero-order valence-electron chi connectivity index (χ0n) is 14.1. The van der Waals surface area contributed by atoms with Gasteiger partial charge in [0.15, 0.2) is 6.10 Å². The van der Waals surface area contributed by atoms with Crippen LogP contribution in [-0.4, -0.2) is 26.0 Å². The number of benzene rings is 2. The molecule has 2 aromatic rings. The molecule has 0 aromatic heterocycles. The van der Waals surface area contributed by atoms with Crippen LogP contribution in [0.4, 0.5) is 17.1 Å². The van der Waals surface area contributed by atoms with E-state index in [1.54, 1.807) is 6.07 Å². The average Bonchev–Trinajstić information content (AvgIpc) is 3.06. The predicted octanol–water partition coefficient (Wildman–Crippen LogP) is 0.779. The third kappa shape index (κ3) is 2.73. The van der Waals surface area contributed by atoms with E-state index in [1.165, 1.54) is 36.4 Å². The van der Waals surface area contributed by atoms with Crippen molar-refractivity contribution in [2.45, 2.75) is 6.10 Å². The predicted molar refractivity (Wildman–Crippen MR) is 95.3 cm³/mol. The minimum absolute atomic E-state index is 0.192. The van der Waals surface area contributed by atoms with E-state index in [0.717, 1.165) is 0 Å². The van der Waals surface area contributed by atoms with Gasteiger partial charge in [-0.05, 0) is 17.2 Å². The number of rotatable bonds is 4. The summed E-state index contributed by atoms with van der Waals surface area (Å²) in [6, 6.07) is 8.84. The van der Waals surface area contributed by atoms with E-state index in [9.17, 15) is 40.7 Å². The minimum atomic E-state index is -2.14. The molecule has 1 atom stereocenters. The molecule has 12 heteroatoms. The molecule has 0 radical (unpaired) electrons. The molecule has 29 heavy (non-hydrogen) atoms. The van der Waals surface area contributed by atoms with Crippen LogP contribution in [0.3, 0.4) is 0 Å². The molecule has 3 rings (SSSR count). The van der Waals surface area contributed by atoms with Crippen molar-refractivity contribution < 1.29 is 19.9 Å². The van der Waals surface area contributed by atoms with Crippen molar-refractivity contribution >= 4 is 28.7 Å². The Bertz CT molecular complexity index is 1330. The number of nitro benzene ring substituents is 3.